The van der Waals surface area contributed by atoms with E-state index < -0.39 is 18.3 Å². The highest BCUT2D eigenvalue weighted by Gasteiger charge is 2.86. The van der Waals surface area contributed by atoms with E-state index in [2.05, 4.69) is 5.32 Å². The van der Waals surface area contributed by atoms with Crippen molar-refractivity contribution >= 4 is 6.09 Å². The van der Waals surface area contributed by atoms with Crippen molar-refractivity contribution in [2.45, 2.75) is 57.0 Å². The lowest BCUT2D eigenvalue weighted by Crippen LogP contribution is -2.53. The highest BCUT2D eigenvalue weighted by molar-refractivity contribution is 5.68. The van der Waals surface area contributed by atoms with Crippen LogP contribution in [0.25, 0.3) is 0 Å². The largest absolute Gasteiger partial charge is 0.445 e. The monoisotopic (exact) mass is 349 g/mol. The molecule has 0 aliphatic heterocycles. The van der Waals surface area contributed by atoms with Crippen molar-refractivity contribution in [2.24, 2.45) is 16.7 Å². The summed E-state index contributed by atoms with van der Waals surface area (Å²) >= 11 is 0. The van der Waals surface area contributed by atoms with Gasteiger partial charge < -0.3 is 14.8 Å². The second-order valence-corrected chi connectivity index (χ2v) is 8.38. The Kier molecular flexibility index (Phi) is 3.07. The van der Waals surface area contributed by atoms with E-state index in [1.165, 1.54) is 0 Å². The number of halogens is 2. The maximum absolute atomic E-state index is 12.8. The van der Waals surface area contributed by atoms with Gasteiger partial charge in [-0.25, -0.2) is 4.79 Å². The molecule has 0 saturated heterocycles. The average Bonchev–Trinajstić information content (AvgIpc) is 3.01. The van der Waals surface area contributed by atoms with Crippen molar-refractivity contribution in [3.63, 3.8) is 0 Å². The zero-order valence-corrected chi connectivity index (χ0v) is 13.8. The number of hydrogen-bond acceptors (Lipinski definition) is 3. The number of benzene rings is 1. The van der Waals surface area contributed by atoms with Gasteiger partial charge in [0.25, 0.3) is 0 Å². The maximum atomic E-state index is 12.8. The Balaban J connectivity index is 1.25. The summed E-state index contributed by atoms with van der Waals surface area (Å²) in [4.78, 5) is 12.3. The lowest BCUT2D eigenvalue weighted by molar-refractivity contribution is -0.230. The quantitative estimate of drug-likeness (QED) is 0.878. The van der Waals surface area contributed by atoms with Crippen LogP contribution in [0.2, 0.25) is 0 Å². The van der Waals surface area contributed by atoms with Crippen molar-refractivity contribution in [1.82, 2.24) is 5.32 Å². The molecular formula is C19H21F2NO3. The van der Waals surface area contributed by atoms with E-state index >= 15 is 0 Å². The minimum absolute atomic E-state index is 0.0349. The topological polar surface area (TPSA) is 47.6 Å². The Bertz CT molecular complexity index is 714. The maximum Gasteiger partial charge on any atom is 0.407 e. The van der Waals surface area contributed by atoms with Crippen LogP contribution < -0.4 is 5.32 Å². The normalized spacial score (nSPS) is 42.5. The van der Waals surface area contributed by atoms with Crippen LogP contribution in [-0.4, -0.2) is 24.3 Å². The Morgan fingerprint density at radius 2 is 2.00 bits per heavy atom. The first-order chi connectivity index (χ1) is 12.0. The van der Waals surface area contributed by atoms with E-state index in [0.717, 1.165) is 24.8 Å². The number of carbonyl (C=O) groups is 1. The fraction of sp³-hybridized carbons (Fsp3) is 0.632. The van der Waals surface area contributed by atoms with Gasteiger partial charge >= 0.3 is 12.7 Å². The lowest BCUT2D eigenvalue weighted by Gasteiger charge is -2.46. The van der Waals surface area contributed by atoms with Crippen molar-refractivity contribution in [2.75, 3.05) is 0 Å². The third-order valence-electron chi connectivity index (χ3n) is 7.06. The van der Waals surface area contributed by atoms with Crippen molar-refractivity contribution in [3.8, 4) is 0 Å². The van der Waals surface area contributed by atoms with E-state index in [9.17, 15) is 13.6 Å². The van der Waals surface area contributed by atoms with Crippen LogP contribution in [0.3, 0.4) is 0 Å². The molecule has 25 heavy (non-hydrogen) atoms. The van der Waals surface area contributed by atoms with Crippen LogP contribution in [0.1, 0.15) is 37.7 Å². The fourth-order valence-corrected chi connectivity index (χ4v) is 6.55. The van der Waals surface area contributed by atoms with E-state index in [1.54, 1.807) is 0 Å². The van der Waals surface area contributed by atoms with Gasteiger partial charge in [0.05, 0.1) is 5.60 Å². The second kappa shape index (κ2) is 4.93. The molecule has 0 heterocycles. The standard InChI is InChI=1S/C19H21F2NO3/c20-15(21)25-18-7-13-6-17(9-18)10-19(17,11-18)14(13)22-16(23)24-8-12-4-2-1-3-5-12/h1-5,13-15H,6-11H2,(H,22,23)/t13?,14-,17?,18-,19?/m1/s1. The molecule has 5 saturated carbocycles. The minimum Gasteiger partial charge on any atom is -0.445 e. The average molecular weight is 349 g/mol. The third kappa shape index (κ3) is 2.16. The summed E-state index contributed by atoms with van der Waals surface area (Å²) in [6.07, 6.45) is 3.61. The van der Waals surface area contributed by atoms with Gasteiger partial charge in [0, 0.05) is 11.5 Å². The lowest BCUT2D eigenvalue weighted by atomic mass is 9.68. The molecule has 1 amide bonds. The second-order valence-electron chi connectivity index (χ2n) is 8.38. The van der Waals surface area contributed by atoms with Gasteiger partial charge in [-0.2, -0.15) is 8.78 Å². The predicted octanol–water partition coefficient (Wildman–Crippen LogP) is 3.85. The van der Waals surface area contributed by atoms with Gasteiger partial charge in [0.15, 0.2) is 0 Å². The number of carbonyl (C=O) groups excluding carboxylic acids is 1. The van der Waals surface area contributed by atoms with Gasteiger partial charge in [0.1, 0.15) is 6.61 Å². The number of alkyl carbamates (subject to hydrolysis) is 1. The molecule has 1 aromatic rings. The van der Waals surface area contributed by atoms with E-state index in [0.29, 0.717) is 12.8 Å². The van der Waals surface area contributed by atoms with Crippen molar-refractivity contribution in [3.05, 3.63) is 35.9 Å². The Labute approximate surface area is 144 Å². The van der Waals surface area contributed by atoms with E-state index in [1.807, 2.05) is 30.3 Å². The van der Waals surface area contributed by atoms with Crippen molar-refractivity contribution in [1.29, 1.82) is 0 Å². The molecule has 4 bridgehead atoms. The number of amides is 1. The molecule has 6 rings (SSSR count). The molecule has 4 nitrogen and oxygen atoms in total. The first-order valence-electron chi connectivity index (χ1n) is 8.89. The molecule has 1 aromatic carbocycles. The number of ether oxygens (including phenoxy) is 2. The molecule has 0 radical (unpaired) electrons. The first-order valence-corrected chi connectivity index (χ1v) is 8.89. The van der Waals surface area contributed by atoms with Gasteiger partial charge in [-0.05, 0) is 49.0 Å². The van der Waals surface area contributed by atoms with Crippen LogP contribution in [0.15, 0.2) is 30.3 Å². The van der Waals surface area contributed by atoms with Crippen LogP contribution in [0, 0.1) is 16.7 Å². The van der Waals surface area contributed by atoms with Crippen LogP contribution in [0.4, 0.5) is 13.6 Å². The molecule has 5 aliphatic carbocycles. The summed E-state index contributed by atoms with van der Waals surface area (Å²) in [5.41, 5.74) is 0.345. The SMILES string of the molecule is O=C(N[C@@H]1C2CC34CC13C[C@@](OC(F)F)(C2)C4)OCc1ccccc1. The molecule has 2 spiro atoms. The van der Waals surface area contributed by atoms with E-state index in [-0.39, 0.29) is 29.4 Å². The highest BCUT2D eigenvalue weighted by Crippen LogP contribution is 2.88. The summed E-state index contributed by atoms with van der Waals surface area (Å²) in [7, 11) is 0. The summed E-state index contributed by atoms with van der Waals surface area (Å²) < 4.78 is 36.0. The Morgan fingerprint density at radius 1 is 1.20 bits per heavy atom. The van der Waals surface area contributed by atoms with Gasteiger partial charge in [-0.1, -0.05) is 30.3 Å². The first kappa shape index (κ1) is 15.6. The van der Waals surface area contributed by atoms with Gasteiger partial charge in [-0.15, -0.1) is 0 Å². The van der Waals surface area contributed by atoms with Gasteiger partial charge in [0.2, 0.25) is 0 Å². The summed E-state index contributed by atoms with van der Waals surface area (Å²) in [6, 6.07) is 9.57. The Morgan fingerprint density at radius 3 is 2.72 bits per heavy atom. The smallest absolute Gasteiger partial charge is 0.407 e. The fourth-order valence-electron chi connectivity index (χ4n) is 6.55. The number of rotatable bonds is 5. The number of nitrogens with one attached hydrogen (secondary N) is 1. The molecule has 0 aromatic heterocycles. The van der Waals surface area contributed by atoms with Crippen LogP contribution in [-0.2, 0) is 16.1 Å². The van der Waals surface area contributed by atoms with Crippen LogP contribution >= 0.6 is 0 Å². The third-order valence-corrected chi connectivity index (χ3v) is 7.06. The summed E-state index contributed by atoms with van der Waals surface area (Å²) in [6.45, 7) is -2.48. The molecule has 5 atom stereocenters. The molecule has 5 aliphatic rings. The van der Waals surface area contributed by atoms with Gasteiger partial charge in [-0.3, -0.25) is 0 Å². The zero-order valence-electron chi connectivity index (χ0n) is 13.8. The molecule has 5 fully saturated rings. The molecule has 134 valence electrons. The summed E-state index contributed by atoms with van der Waals surface area (Å²) in [5.74, 6) is 0.222. The van der Waals surface area contributed by atoms with Crippen LogP contribution in [0.5, 0.6) is 0 Å². The molecule has 1 N–H and O–H groups in total. The molecule has 6 heteroatoms. The predicted molar refractivity (Wildman–Crippen MR) is 84.8 cm³/mol. The van der Waals surface area contributed by atoms with Crippen molar-refractivity contribution < 1.29 is 23.0 Å². The molecular weight excluding hydrogens is 328 g/mol. The molecule has 3 unspecified atom stereocenters. The Hall–Kier alpha value is -1.69. The number of alkyl halides is 2. The zero-order chi connectivity index (χ0) is 17.3. The summed E-state index contributed by atoms with van der Waals surface area (Å²) in [5, 5.41) is 3.05. The minimum atomic E-state index is -2.72. The highest BCUT2D eigenvalue weighted by atomic mass is 19.3. The van der Waals surface area contributed by atoms with E-state index in [4.69, 9.17) is 9.47 Å². The number of hydrogen-bond donors (Lipinski definition) is 1.